The zero-order valence-corrected chi connectivity index (χ0v) is 14.0. The molecule has 0 saturated heterocycles. The Morgan fingerprint density at radius 3 is 2.60 bits per heavy atom. The lowest BCUT2D eigenvalue weighted by Crippen LogP contribution is -2.11. The van der Waals surface area contributed by atoms with E-state index in [1.54, 1.807) is 30.3 Å². The number of carbonyl (C=O) groups excluding carboxylic acids is 1. The number of carbonyl (C=O) groups is 1. The average molecular weight is 377 g/mol. The Morgan fingerprint density at radius 2 is 1.88 bits per heavy atom. The number of nitrogens with one attached hydrogen (secondary N) is 1. The highest BCUT2D eigenvalue weighted by molar-refractivity contribution is 6.32. The minimum absolute atomic E-state index is 0.00996. The van der Waals surface area contributed by atoms with E-state index in [1.165, 1.54) is 24.3 Å². The van der Waals surface area contributed by atoms with E-state index >= 15 is 0 Å². The number of nitro groups is 1. The predicted octanol–water partition coefficient (Wildman–Crippen LogP) is 5.41. The van der Waals surface area contributed by atoms with Gasteiger partial charge in [-0.15, -0.1) is 0 Å². The largest absolute Gasteiger partial charge is 0.451 e. The van der Waals surface area contributed by atoms with Crippen molar-refractivity contribution in [3.63, 3.8) is 0 Å². The van der Waals surface area contributed by atoms with E-state index in [-0.39, 0.29) is 22.2 Å². The summed E-state index contributed by atoms with van der Waals surface area (Å²) in [5.41, 5.74) is 0.675. The first-order valence-corrected chi connectivity index (χ1v) is 7.81. The van der Waals surface area contributed by atoms with Gasteiger partial charge < -0.3 is 9.73 Å². The summed E-state index contributed by atoms with van der Waals surface area (Å²) in [6.07, 6.45) is 0. The molecule has 0 aliphatic carbocycles. The van der Waals surface area contributed by atoms with Gasteiger partial charge in [0.2, 0.25) is 0 Å². The molecule has 0 atom stereocenters. The lowest BCUT2D eigenvalue weighted by atomic mass is 10.2. The zero-order valence-electron chi connectivity index (χ0n) is 12.5. The average Bonchev–Trinajstić information content (AvgIpc) is 3.06. The highest BCUT2D eigenvalue weighted by Crippen LogP contribution is 2.28. The minimum atomic E-state index is -0.623. The van der Waals surface area contributed by atoms with Gasteiger partial charge in [0.1, 0.15) is 10.8 Å². The van der Waals surface area contributed by atoms with Gasteiger partial charge >= 0.3 is 0 Å². The van der Waals surface area contributed by atoms with Gasteiger partial charge in [-0.3, -0.25) is 14.9 Å². The van der Waals surface area contributed by atoms with Gasteiger partial charge in [0.05, 0.1) is 4.92 Å². The standard InChI is InChI=1S/C17H10Cl2N2O4/c18-11-3-1-2-10(8-11)15-6-7-16(25-15)17(22)20-12-4-5-13(19)14(9-12)21(23)24/h1-9H,(H,20,22). The van der Waals surface area contributed by atoms with Gasteiger partial charge in [-0.1, -0.05) is 35.3 Å². The Kier molecular flexibility index (Phi) is 4.74. The number of hydrogen-bond acceptors (Lipinski definition) is 4. The van der Waals surface area contributed by atoms with Crippen molar-refractivity contribution in [2.24, 2.45) is 0 Å². The second-order valence-corrected chi connectivity index (χ2v) is 5.90. The molecule has 3 aromatic rings. The van der Waals surface area contributed by atoms with Crippen LogP contribution in [0, 0.1) is 10.1 Å². The molecular formula is C17H10Cl2N2O4. The maximum absolute atomic E-state index is 12.3. The molecule has 0 saturated carbocycles. The molecule has 1 amide bonds. The SMILES string of the molecule is O=C(Nc1ccc(Cl)c([N+](=O)[O-])c1)c1ccc(-c2cccc(Cl)c2)o1. The minimum Gasteiger partial charge on any atom is -0.451 e. The van der Waals surface area contributed by atoms with Crippen molar-refractivity contribution in [1.29, 1.82) is 0 Å². The molecule has 0 fully saturated rings. The van der Waals surface area contributed by atoms with Crippen molar-refractivity contribution in [2.75, 3.05) is 5.32 Å². The van der Waals surface area contributed by atoms with Crippen LogP contribution in [-0.4, -0.2) is 10.8 Å². The lowest BCUT2D eigenvalue weighted by Gasteiger charge is -2.04. The highest BCUT2D eigenvalue weighted by Gasteiger charge is 2.16. The Bertz CT molecular complexity index is 969. The van der Waals surface area contributed by atoms with E-state index in [0.29, 0.717) is 10.8 Å². The van der Waals surface area contributed by atoms with Crippen LogP contribution < -0.4 is 5.32 Å². The first-order valence-electron chi connectivity index (χ1n) is 7.05. The molecule has 0 aliphatic heterocycles. The molecule has 8 heteroatoms. The number of benzene rings is 2. The third kappa shape index (κ3) is 3.81. The number of nitro benzene ring substituents is 1. The molecule has 2 aromatic carbocycles. The molecule has 3 rings (SSSR count). The van der Waals surface area contributed by atoms with Crippen LogP contribution in [0.1, 0.15) is 10.6 Å². The fourth-order valence-electron chi connectivity index (χ4n) is 2.18. The third-order valence-corrected chi connectivity index (χ3v) is 3.89. The summed E-state index contributed by atoms with van der Waals surface area (Å²) in [5, 5.41) is 14.0. The van der Waals surface area contributed by atoms with E-state index in [1.807, 2.05) is 0 Å². The third-order valence-electron chi connectivity index (χ3n) is 3.34. The van der Waals surface area contributed by atoms with Gasteiger partial charge in [0.25, 0.3) is 11.6 Å². The van der Waals surface area contributed by atoms with Gasteiger partial charge in [-0.25, -0.2) is 0 Å². The molecule has 25 heavy (non-hydrogen) atoms. The summed E-state index contributed by atoms with van der Waals surface area (Å²) in [4.78, 5) is 22.5. The number of amides is 1. The van der Waals surface area contributed by atoms with Crippen molar-refractivity contribution in [3.05, 3.63) is 80.5 Å². The Hall–Kier alpha value is -2.83. The van der Waals surface area contributed by atoms with Gasteiger partial charge in [0, 0.05) is 22.3 Å². The number of rotatable bonds is 4. The number of furan rings is 1. The molecule has 1 heterocycles. The lowest BCUT2D eigenvalue weighted by molar-refractivity contribution is -0.384. The van der Waals surface area contributed by atoms with E-state index in [4.69, 9.17) is 27.6 Å². The maximum atomic E-state index is 12.3. The Balaban J connectivity index is 1.81. The van der Waals surface area contributed by atoms with E-state index in [9.17, 15) is 14.9 Å². The van der Waals surface area contributed by atoms with E-state index < -0.39 is 10.8 Å². The molecule has 0 spiro atoms. The van der Waals surface area contributed by atoms with Gasteiger partial charge in [0.15, 0.2) is 5.76 Å². The number of hydrogen-bond donors (Lipinski definition) is 1. The summed E-state index contributed by atoms with van der Waals surface area (Å²) in [6, 6.07) is 14.2. The van der Waals surface area contributed by atoms with Crippen molar-refractivity contribution in [2.45, 2.75) is 0 Å². The van der Waals surface area contributed by atoms with Crippen molar-refractivity contribution in [1.82, 2.24) is 0 Å². The van der Waals surface area contributed by atoms with E-state index in [0.717, 1.165) is 5.56 Å². The molecule has 1 aromatic heterocycles. The highest BCUT2D eigenvalue weighted by atomic mass is 35.5. The molecule has 0 aliphatic rings. The Morgan fingerprint density at radius 1 is 1.08 bits per heavy atom. The first-order chi connectivity index (χ1) is 11.9. The van der Waals surface area contributed by atoms with Crippen molar-refractivity contribution < 1.29 is 14.1 Å². The second-order valence-electron chi connectivity index (χ2n) is 5.05. The monoisotopic (exact) mass is 376 g/mol. The summed E-state index contributed by atoms with van der Waals surface area (Å²) < 4.78 is 5.53. The quantitative estimate of drug-likeness (QED) is 0.486. The predicted molar refractivity (Wildman–Crippen MR) is 95.2 cm³/mol. The number of nitrogens with zero attached hydrogens (tertiary/aromatic N) is 1. The summed E-state index contributed by atoms with van der Waals surface area (Å²) in [7, 11) is 0. The van der Waals surface area contributed by atoms with Crippen molar-refractivity contribution >= 4 is 40.5 Å². The molecule has 6 nitrogen and oxygen atoms in total. The van der Waals surface area contributed by atoms with Crippen LogP contribution in [0.5, 0.6) is 0 Å². The summed E-state index contributed by atoms with van der Waals surface area (Å²) >= 11 is 11.7. The topological polar surface area (TPSA) is 85.4 Å². The van der Waals surface area contributed by atoms with Crippen LogP contribution in [0.3, 0.4) is 0 Å². The molecule has 0 radical (unpaired) electrons. The maximum Gasteiger partial charge on any atom is 0.291 e. The number of halogens is 2. The fourth-order valence-corrected chi connectivity index (χ4v) is 2.56. The number of anilines is 1. The van der Waals surface area contributed by atoms with Crippen LogP contribution in [0.4, 0.5) is 11.4 Å². The molecule has 126 valence electrons. The van der Waals surface area contributed by atoms with Gasteiger partial charge in [-0.05, 0) is 36.4 Å². The van der Waals surface area contributed by atoms with E-state index in [2.05, 4.69) is 5.32 Å². The van der Waals surface area contributed by atoms with Crippen LogP contribution >= 0.6 is 23.2 Å². The summed E-state index contributed by atoms with van der Waals surface area (Å²) in [5.74, 6) is 0.00668. The smallest absolute Gasteiger partial charge is 0.291 e. The van der Waals surface area contributed by atoms with Gasteiger partial charge in [-0.2, -0.15) is 0 Å². The first kappa shape index (κ1) is 17.0. The van der Waals surface area contributed by atoms with Crippen LogP contribution in [0.2, 0.25) is 10.0 Å². The van der Waals surface area contributed by atoms with Crippen LogP contribution in [-0.2, 0) is 0 Å². The molecular weight excluding hydrogens is 367 g/mol. The molecule has 0 unspecified atom stereocenters. The molecule has 0 bridgehead atoms. The zero-order chi connectivity index (χ0) is 18.0. The molecule has 1 N–H and O–H groups in total. The summed E-state index contributed by atoms with van der Waals surface area (Å²) in [6.45, 7) is 0. The fraction of sp³-hybridized carbons (Fsp3) is 0. The Labute approximate surface area is 152 Å². The normalized spacial score (nSPS) is 10.5. The van der Waals surface area contributed by atoms with Crippen LogP contribution in [0.25, 0.3) is 11.3 Å². The van der Waals surface area contributed by atoms with Crippen molar-refractivity contribution in [3.8, 4) is 11.3 Å². The second kappa shape index (κ2) is 6.96. The van der Waals surface area contributed by atoms with Crippen LogP contribution in [0.15, 0.2) is 59.0 Å².